The van der Waals surface area contributed by atoms with Crippen molar-refractivity contribution >= 4 is 63.1 Å². The lowest BCUT2D eigenvalue weighted by molar-refractivity contribution is -0.141. The number of sulfonamides is 1. The van der Waals surface area contributed by atoms with Gasteiger partial charge in [0.05, 0.1) is 18.8 Å². The van der Waals surface area contributed by atoms with E-state index in [1.807, 2.05) is 6.08 Å². The molecule has 2 aromatic rings. The molecule has 1 aliphatic carbocycles. The van der Waals surface area contributed by atoms with Crippen LogP contribution in [0.4, 0.5) is 14.0 Å². The molecule has 2 fully saturated rings. The highest BCUT2D eigenvalue weighted by molar-refractivity contribution is 7.89. The van der Waals surface area contributed by atoms with Gasteiger partial charge in [0.2, 0.25) is 21.8 Å². The van der Waals surface area contributed by atoms with E-state index in [1.54, 1.807) is 45.0 Å². The smallest absolute Gasteiger partial charge is 0.410 e. The number of hydrogen-bond donors (Lipinski definition) is 3. The van der Waals surface area contributed by atoms with E-state index in [0.717, 1.165) is 0 Å². The number of benzene rings is 2. The summed E-state index contributed by atoms with van der Waals surface area (Å²) in [6.45, 7) is 4.88. The minimum Gasteiger partial charge on any atom is -0.444 e. The summed E-state index contributed by atoms with van der Waals surface area (Å²) in [5.74, 6) is -4.15. The number of amides is 5. The van der Waals surface area contributed by atoms with Gasteiger partial charge in [0, 0.05) is 40.1 Å². The molecule has 5 amide bonds. The molecule has 14 nitrogen and oxygen atoms in total. The molecule has 3 heterocycles. The highest BCUT2D eigenvalue weighted by atomic mass is 35.5. The minimum atomic E-state index is -4.38. The van der Waals surface area contributed by atoms with Crippen LogP contribution in [0.1, 0.15) is 82.4 Å². The number of nitrogens with one attached hydrogen (secondary N) is 3. The Labute approximate surface area is 340 Å². The summed E-state index contributed by atoms with van der Waals surface area (Å²) in [5, 5.41) is 5.60. The molecule has 0 radical (unpaired) electrons. The molecule has 0 bridgehead atoms. The Morgan fingerprint density at radius 2 is 1.75 bits per heavy atom. The monoisotopic (exact) mass is 849 g/mol. The summed E-state index contributed by atoms with van der Waals surface area (Å²) in [6, 6.07) is 6.64. The molecule has 2 aromatic carbocycles. The molecule has 1 saturated heterocycles. The fourth-order valence-electron chi connectivity index (χ4n) is 7.47. The van der Waals surface area contributed by atoms with E-state index >= 15 is 0 Å². The lowest BCUT2D eigenvalue weighted by Gasteiger charge is -2.30. The van der Waals surface area contributed by atoms with Gasteiger partial charge in [-0.2, -0.15) is 0 Å². The number of allylic oxidation sites excluding steroid dienone is 1. The molecule has 308 valence electrons. The van der Waals surface area contributed by atoms with Crippen molar-refractivity contribution in [2.45, 2.75) is 114 Å². The van der Waals surface area contributed by atoms with Gasteiger partial charge in [-0.3, -0.25) is 24.0 Å². The molecule has 0 unspecified atom stereocenters. The fourth-order valence-corrected chi connectivity index (χ4v) is 9.39. The van der Waals surface area contributed by atoms with Gasteiger partial charge in [-0.15, -0.1) is 0 Å². The zero-order valence-corrected chi connectivity index (χ0v) is 34.1. The number of rotatable bonds is 6. The highest BCUT2D eigenvalue weighted by Crippen LogP contribution is 2.46. The third-order valence-corrected chi connectivity index (χ3v) is 12.3. The number of nitrogens with zero attached hydrogens (tertiary/aromatic N) is 2. The van der Waals surface area contributed by atoms with Crippen molar-refractivity contribution in [2.24, 2.45) is 5.92 Å². The lowest BCUT2D eigenvalue weighted by Crippen LogP contribution is -2.58. The lowest BCUT2D eigenvalue weighted by atomic mass is 10.0. The van der Waals surface area contributed by atoms with E-state index in [9.17, 15) is 36.8 Å². The maximum Gasteiger partial charge on any atom is 0.410 e. The number of ether oxygens (including phenoxy) is 2. The van der Waals surface area contributed by atoms with Gasteiger partial charge in [-0.05, 0) is 70.2 Å². The van der Waals surface area contributed by atoms with Gasteiger partial charge in [0.15, 0.2) is 0 Å². The largest absolute Gasteiger partial charge is 0.444 e. The number of alkyl carbamates (subject to hydrolysis) is 1. The van der Waals surface area contributed by atoms with Crippen molar-refractivity contribution in [1.29, 1.82) is 0 Å². The van der Waals surface area contributed by atoms with Gasteiger partial charge in [-0.25, -0.2) is 22.4 Å². The van der Waals surface area contributed by atoms with E-state index in [4.69, 9.17) is 32.7 Å². The van der Waals surface area contributed by atoms with Crippen LogP contribution in [0.25, 0.3) is 0 Å². The Morgan fingerprint density at radius 3 is 2.46 bits per heavy atom. The van der Waals surface area contributed by atoms with Crippen LogP contribution < -0.4 is 15.4 Å². The summed E-state index contributed by atoms with van der Waals surface area (Å²) in [5.41, 5.74) is -1.47. The van der Waals surface area contributed by atoms with E-state index in [2.05, 4.69) is 15.4 Å². The van der Waals surface area contributed by atoms with Gasteiger partial charge >= 0.3 is 12.2 Å². The van der Waals surface area contributed by atoms with Gasteiger partial charge in [-0.1, -0.05) is 66.4 Å². The standard InChI is InChI=1S/C39H46Cl2FN5O9S/c1-38(2,3)56-36(51)43-31-16-8-6-4-5-7-12-24-18-39(24,35(50)45-57(53,54)22-27-28(40)13-10-14-29(27)41)44-33(48)32-17-25(20-47(32)34(31)49)55-37(52)46-19-23-11-9-15-30(42)26(23)21-46/h7,9-15,24-25,31-32H,4-6,8,16-22H2,1-3H3,(H,43,51)(H,44,48)(H,45,50)/b12-7-/t24-,25+,31-,32-,39+/m0/s1. The highest BCUT2D eigenvalue weighted by Gasteiger charge is 2.61. The molecule has 3 aliphatic heterocycles. The summed E-state index contributed by atoms with van der Waals surface area (Å²) >= 11 is 12.4. The molecule has 3 N–H and O–H groups in total. The summed E-state index contributed by atoms with van der Waals surface area (Å²) in [7, 11) is -4.38. The molecule has 0 aromatic heterocycles. The van der Waals surface area contributed by atoms with Crippen LogP contribution in [0.3, 0.4) is 0 Å². The average Bonchev–Trinajstić information content (AvgIpc) is 3.40. The Balaban J connectivity index is 1.26. The molecule has 0 spiro atoms. The Hall–Kier alpha value is -4.41. The number of carbonyl (C=O) groups is 5. The second-order valence-electron chi connectivity index (χ2n) is 15.9. The molecule has 5 atom stereocenters. The van der Waals surface area contributed by atoms with E-state index < -0.39 is 86.7 Å². The van der Waals surface area contributed by atoms with E-state index in [0.29, 0.717) is 36.8 Å². The van der Waals surface area contributed by atoms with Crippen LogP contribution in [0.2, 0.25) is 10.0 Å². The van der Waals surface area contributed by atoms with Crippen molar-refractivity contribution in [1.82, 2.24) is 25.2 Å². The topological polar surface area (TPSA) is 181 Å². The van der Waals surface area contributed by atoms with Gasteiger partial charge in [0.25, 0.3) is 5.91 Å². The van der Waals surface area contributed by atoms with Crippen molar-refractivity contribution in [3.63, 3.8) is 0 Å². The second kappa shape index (κ2) is 16.8. The predicted molar refractivity (Wildman–Crippen MR) is 208 cm³/mol. The van der Waals surface area contributed by atoms with Gasteiger partial charge in [0.1, 0.15) is 35.1 Å². The second-order valence-corrected chi connectivity index (χ2v) is 18.4. The SMILES string of the molecule is CC(C)(C)OC(=O)N[C@H]1CCCCC/C=C\[C@H]2C[C@@]2(C(=O)NS(=O)(=O)Cc2c(Cl)cccc2Cl)NC(=O)[C@@H]2C[C@@H](OC(=O)N3Cc4cccc(F)c4C3)CN2C1=O. The number of fused-ring (bicyclic) bond motifs is 3. The van der Waals surface area contributed by atoms with Crippen LogP contribution in [0.15, 0.2) is 48.6 Å². The van der Waals surface area contributed by atoms with Crippen molar-refractivity contribution in [3.05, 3.63) is 81.1 Å². The molecular weight excluding hydrogens is 804 g/mol. The maximum absolute atomic E-state index is 14.5. The molecule has 18 heteroatoms. The Bertz CT molecular complexity index is 2060. The van der Waals surface area contributed by atoms with Crippen LogP contribution >= 0.6 is 23.2 Å². The van der Waals surface area contributed by atoms with Crippen LogP contribution in [0.5, 0.6) is 0 Å². The number of halogens is 3. The Morgan fingerprint density at radius 1 is 1.04 bits per heavy atom. The normalized spacial score (nSPS) is 25.8. The molecule has 57 heavy (non-hydrogen) atoms. The first-order valence-electron chi connectivity index (χ1n) is 18.8. The van der Waals surface area contributed by atoms with Crippen LogP contribution in [-0.4, -0.2) is 84.0 Å². The van der Waals surface area contributed by atoms with Crippen molar-refractivity contribution in [3.8, 4) is 0 Å². The molecule has 1 saturated carbocycles. The van der Waals surface area contributed by atoms with Crippen LogP contribution in [-0.2, 0) is 52.7 Å². The zero-order chi connectivity index (χ0) is 41.3. The molecule has 4 aliphatic rings. The van der Waals surface area contributed by atoms with Crippen molar-refractivity contribution < 1.29 is 46.3 Å². The summed E-state index contributed by atoms with van der Waals surface area (Å²) < 4.78 is 54.5. The third-order valence-electron chi connectivity index (χ3n) is 10.4. The first-order valence-corrected chi connectivity index (χ1v) is 21.2. The zero-order valence-electron chi connectivity index (χ0n) is 31.8. The Kier molecular flexibility index (Phi) is 12.5. The average molecular weight is 851 g/mol. The molecule has 6 rings (SSSR count). The third kappa shape index (κ3) is 10.0. The summed E-state index contributed by atoms with van der Waals surface area (Å²) in [4.78, 5) is 71.6. The van der Waals surface area contributed by atoms with E-state index in [-0.39, 0.29) is 54.5 Å². The van der Waals surface area contributed by atoms with Gasteiger partial charge < -0.3 is 25.0 Å². The first kappa shape index (κ1) is 42.2. The summed E-state index contributed by atoms with van der Waals surface area (Å²) in [6.07, 6.45) is 3.67. The van der Waals surface area contributed by atoms with E-state index in [1.165, 1.54) is 28.0 Å². The van der Waals surface area contributed by atoms with Crippen molar-refractivity contribution in [2.75, 3.05) is 6.54 Å². The first-order chi connectivity index (χ1) is 26.9. The number of carbonyl (C=O) groups excluding carboxylic acids is 5. The molecular formula is C39H46Cl2FN5O9S. The number of hydrogen-bond acceptors (Lipinski definition) is 9. The predicted octanol–water partition coefficient (Wildman–Crippen LogP) is 5.49. The minimum absolute atomic E-state index is 0.0276. The maximum atomic E-state index is 14.5. The fraction of sp³-hybridized carbons (Fsp3) is 0.513. The van der Waals surface area contributed by atoms with Crippen LogP contribution in [0, 0.1) is 11.7 Å². The quantitative estimate of drug-likeness (QED) is 0.317.